The molecule has 1 amide bonds. The van der Waals surface area contributed by atoms with Crippen molar-refractivity contribution in [2.24, 2.45) is 0 Å². The van der Waals surface area contributed by atoms with E-state index in [1.54, 1.807) is 18.8 Å². The molecule has 0 spiro atoms. The molecule has 0 heterocycles. The predicted octanol–water partition coefficient (Wildman–Crippen LogP) is 0.759. The first-order valence-corrected chi connectivity index (χ1v) is 4.41. The lowest BCUT2D eigenvalue weighted by Gasteiger charge is -2.12. The van der Waals surface area contributed by atoms with E-state index in [2.05, 4.69) is 4.84 Å². The molecule has 10 heavy (non-hydrogen) atoms. The molecule has 0 rings (SSSR count). The van der Waals surface area contributed by atoms with Gasteiger partial charge >= 0.3 is 0 Å². The molecule has 0 aliphatic carbocycles. The van der Waals surface area contributed by atoms with Gasteiger partial charge in [-0.05, 0) is 6.26 Å². The first-order valence-electron chi connectivity index (χ1n) is 3.02. The lowest BCUT2D eigenvalue weighted by molar-refractivity contribution is -0.168. The molecule has 3 nitrogen and oxygen atoms in total. The average Bonchev–Trinajstić information content (AvgIpc) is 1.98. The highest BCUT2D eigenvalue weighted by atomic mass is 32.2. The number of thioether (sulfide) groups is 1. The Balaban J connectivity index is 3.42. The van der Waals surface area contributed by atoms with Crippen molar-refractivity contribution >= 4 is 17.7 Å². The summed E-state index contributed by atoms with van der Waals surface area (Å²) in [6.07, 6.45) is 2.52. The van der Waals surface area contributed by atoms with Crippen molar-refractivity contribution in [1.82, 2.24) is 5.06 Å². The van der Waals surface area contributed by atoms with E-state index < -0.39 is 0 Å². The monoisotopic (exact) mass is 163 g/mol. The van der Waals surface area contributed by atoms with E-state index in [9.17, 15) is 4.79 Å². The number of carbonyl (C=O) groups excluding carboxylic acids is 1. The first kappa shape index (κ1) is 9.78. The van der Waals surface area contributed by atoms with E-state index >= 15 is 0 Å². The van der Waals surface area contributed by atoms with Crippen LogP contribution in [0, 0.1) is 0 Å². The zero-order chi connectivity index (χ0) is 7.98. The zero-order valence-electron chi connectivity index (χ0n) is 6.59. The number of nitrogens with zero attached hydrogens (tertiary/aromatic N) is 1. The van der Waals surface area contributed by atoms with Crippen molar-refractivity contribution in [3.05, 3.63) is 0 Å². The van der Waals surface area contributed by atoms with Gasteiger partial charge in [0, 0.05) is 19.2 Å². The third kappa shape index (κ3) is 3.74. The predicted molar refractivity (Wildman–Crippen MR) is 42.8 cm³/mol. The first-order chi connectivity index (χ1) is 4.72. The molecule has 0 aliphatic rings. The Bertz CT molecular complexity index is 108. The van der Waals surface area contributed by atoms with E-state index in [4.69, 9.17) is 0 Å². The van der Waals surface area contributed by atoms with Crippen molar-refractivity contribution in [3.63, 3.8) is 0 Å². The van der Waals surface area contributed by atoms with E-state index in [1.807, 2.05) is 6.26 Å². The maximum absolute atomic E-state index is 10.9. The summed E-state index contributed by atoms with van der Waals surface area (Å²) in [5, 5.41) is 1.25. The summed E-state index contributed by atoms with van der Waals surface area (Å²) in [6.45, 7) is 0. The molecule has 0 aromatic carbocycles. The molecule has 60 valence electrons. The molecule has 0 bridgehead atoms. The van der Waals surface area contributed by atoms with Crippen molar-refractivity contribution in [3.8, 4) is 0 Å². The molecule has 0 N–H and O–H groups in total. The van der Waals surface area contributed by atoms with E-state index in [0.29, 0.717) is 6.42 Å². The normalized spacial score (nSPS) is 9.50. The molecule has 0 aromatic heterocycles. The fourth-order valence-corrected chi connectivity index (χ4v) is 0.827. The van der Waals surface area contributed by atoms with Crippen molar-refractivity contribution in [2.45, 2.75) is 6.42 Å². The van der Waals surface area contributed by atoms with Crippen LogP contribution in [0.15, 0.2) is 0 Å². The summed E-state index contributed by atoms with van der Waals surface area (Å²) in [5.74, 6) is 0.879. The number of hydrogen-bond acceptors (Lipinski definition) is 3. The van der Waals surface area contributed by atoms with Crippen LogP contribution in [-0.2, 0) is 9.63 Å². The zero-order valence-corrected chi connectivity index (χ0v) is 7.40. The molecule has 0 unspecified atom stereocenters. The van der Waals surface area contributed by atoms with Crippen LogP contribution in [0.25, 0.3) is 0 Å². The van der Waals surface area contributed by atoms with Crippen LogP contribution in [0.3, 0.4) is 0 Å². The molecule has 0 fully saturated rings. The number of hydroxylamine groups is 2. The fraction of sp³-hybridized carbons (Fsp3) is 0.833. The molecule has 0 saturated heterocycles. The van der Waals surface area contributed by atoms with Crippen LogP contribution in [0.1, 0.15) is 6.42 Å². The number of amides is 1. The summed E-state index contributed by atoms with van der Waals surface area (Å²) in [7, 11) is 3.10. The van der Waals surface area contributed by atoms with Gasteiger partial charge in [0.25, 0.3) is 0 Å². The van der Waals surface area contributed by atoms with Crippen LogP contribution in [0.5, 0.6) is 0 Å². The Kier molecular flexibility index (Phi) is 5.43. The van der Waals surface area contributed by atoms with Gasteiger partial charge in [-0.1, -0.05) is 0 Å². The van der Waals surface area contributed by atoms with Gasteiger partial charge in [-0.2, -0.15) is 11.8 Å². The second kappa shape index (κ2) is 5.56. The van der Waals surface area contributed by atoms with Crippen LogP contribution in [0.4, 0.5) is 0 Å². The summed E-state index contributed by atoms with van der Waals surface area (Å²) >= 11 is 1.65. The van der Waals surface area contributed by atoms with Gasteiger partial charge in [0.05, 0.1) is 7.11 Å². The quantitative estimate of drug-likeness (QED) is 0.573. The SMILES string of the molecule is CON(C)C(=O)CCSC. The smallest absolute Gasteiger partial charge is 0.246 e. The van der Waals surface area contributed by atoms with Crippen molar-refractivity contribution in [2.75, 3.05) is 26.2 Å². The molecule has 0 saturated carbocycles. The Labute approximate surface area is 65.7 Å². The number of hydrogen-bond donors (Lipinski definition) is 0. The minimum atomic E-state index is 0.0249. The van der Waals surface area contributed by atoms with Crippen LogP contribution >= 0.6 is 11.8 Å². The second-order valence-electron chi connectivity index (χ2n) is 1.82. The average molecular weight is 163 g/mol. The van der Waals surface area contributed by atoms with E-state index in [-0.39, 0.29) is 5.91 Å². The molecule has 0 aliphatic heterocycles. The van der Waals surface area contributed by atoms with Gasteiger partial charge in [0.15, 0.2) is 0 Å². The van der Waals surface area contributed by atoms with Gasteiger partial charge in [0.1, 0.15) is 0 Å². The Morgan fingerprint density at radius 1 is 1.70 bits per heavy atom. The molecule has 0 radical (unpaired) electrons. The Morgan fingerprint density at radius 3 is 2.70 bits per heavy atom. The van der Waals surface area contributed by atoms with Gasteiger partial charge in [-0.15, -0.1) is 0 Å². The summed E-state index contributed by atoms with van der Waals surface area (Å²) in [5.41, 5.74) is 0. The van der Waals surface area contributed by atoms with E-state index in [1.165, 1.54) is 12.2 Å². The van der Waals surface area contributed by atoms with E-state index in [0.717, 1.165) is 5.75 Å². The minimum Gasteiger partial charge on any atom is -0.275 e. The highest BCUT2D eigenvalue weighted by Gasteiger charge is 2.05. The van der Waals surface area contributed by atoms with Crippen molar-refractivity contribution in [1.29, 1.82) is 0 Å². The van der Waals surface area contributed by atoms with Gasteiger partial charge in [0.2, 0.25) is 5.91 Å². The maximum Gasteiger partial charge on any atom is 0.246 e. The van der Waals surface area contributed by atoms with Gasteiger partial charge in [-0.25, -0.2) is 5.06 Å². The fourth-order valence-electron chi connectivity index (χ4n) is 0.449. The standard InChI is InChI=1S/C6H13NO2S/c1-7(9-2)6(8)4-5-10-3/h4-5H2,1-3H3. The Morgan fingerprint density at radius 2 is 2.30 bits per heavy atom. The lowest BCUT2D eigenvalue weighted by Crippen LogP contribution is -2.25. The summed E-state index contributed by atoms with van der Waals surface area (Å²) < 4.78 is 0. The highest BCUT2D eigenvalue weighted by Crippen LogP contribution is 1.98. The topological polar surface area (TPSA) is 29.5 Å². The van der Waals surface area contributed by atoms with Crippen LogP contribution in [0.2, 0.25) is 0 Å². The minimum absolute atomic E-state index is 0.0249. The number of carbonyl (C=O) groups is 1. The molecular formula is C6H13NO2S. The number of rotatable bonds is 4. The maximum atomic E-state index is 10.9. The summed E-state index contributed by atoms with van der Waals surface area (Å²) in [6, 6.07) is 0. The largest absolute Gasteiger partial charge is 0.275 e. The van der Waals surface area contributed by atoms with Gasteiger partial charge < -0.3 is 0 Å². The molecular weight excluding hydrogens is 150 g/mol. The molecule has 0 atom stereocenters. The highest BCUT2D eigenvalue weighted by molar-refractivity contribution is 7.98. The van der Waals surface area contributed by atoms with Crippen molar-refractivity contribution < 1.29 is 9.63 Å². The summed E-state index contributed by atoms with van der Waals surface area (Å²) in [4.78, 5) is 15.6. The van der Waals surface area contributed by atoms with Gasteiger partial charge in [-0.3, -0.25) is 9.63 Å². The Hall–Kier alpha value is -0.220. The third-order valence-corrected chi connectivity index (χ3v) is 1.76. The van der Waals surface area contributed by atoms with Crippen LogP contribution < -0.4 is 0 Å². The third-order valence-electron chi connectivity index (χ3n) is 1.15. The lowest BCUT2D eigenvalue weighted by atomic mass is 10.4. The molecule has 4 heteroatoms. The second-order valence-corrected chi connectivity index (χ2v) is 2.80. The molecule has 0 aromatic rings. The van der Waals surface area contributed by atoms with Crippen LogP contribution in [-0.4, -0.2) is 37.1 Å².